The van der Waals surface area contributed by atoms with E-state index in [1.54, 1.807) is 6.07 Å². The van der Waals surface area contributed by atoms with Crippen molar-refractivity contribution in [3.8, 4) is 0 Å². The summed E-state index contributed by atoms with van der Waals surface area (Å²) in [6.07, 6.45) is 2.13. The van der Waals surface area contributed by atoms with Crippen molar-refractivity contribution >= 4 is 22.4 Å². The molecule has 1 rings (SSSR count). The highest BCUT2D eigenvalue weighted by Crippen LogP contribution is 2.38. The Kier molecular flexibility index (Phi) is 6.47. The van der Waals surface area contributed by atoms with Crippen LogP contribution < -0.4 is 5.73 Å². The number of rotatable bonds is 5. The molecule has 0 amide bonds. The maximum Gasteiger partial charge on any atom is 0.475 e. The lowest BCUT2D eigenvalue weighted by Gasteiger charge is -2.23. The maximum absolute atomic E-state index is 12.8. The van der Waals surface area contributed by atoms with Gasteiger partial charge in [0.1, 0.15) is 0 Å². The molecule has 0 saturated heterocycles. The van der Waals surface area contributed by atoms with E-state index in [0.29, 0.717) is 24.1 Å². The first kappa shape index (κ1) is 19.5. The second-order valence-corrected chi connectivity index (χ2v) is 7.98. The predicted octanol–water partition coefficient (Wildman–Crippen LogP) is 4.55. The van der Waals surface area contributed by atoms with Gasteiger partial charge in [-0.15, -0.1) is 0 Å². The Morgan fingerprint density at radius 3 is 2.23 bits per heavy atom. The molecule has 1 aromatic rings. The third-order valence-electron chi connectivity index (χ3n) is 3.24. The quantitative estimate of drug-likeness (QED) is 0.787. The molecular weight excluding hydrogens is 335 g/mol. The average molecular weight is 356 g/mol. The number of hydrogen-bond donors (Lipinski definition) is 1. The van der Waals surface area contributed by atoms with Gasteiger partial charge >= 0.3 is 5.51 Å². The van der Waals surface area contributed by atoms with Gasteiger partial charge in [0.15, 0.2) is 10.8 Å². The number of nitrogens with two attached hydrogens (primary N) is 1. The van der Waals surface area contributed by atoms with Crippen molar-refractivity contribution in [1.29, 1.82) is 0 Å². The first-order chi connectivity index (χ1) is 9.98. The van der Waals surface area contributed by atoms with Crippen molar-refractivity contribution in [2.75, 3.05) is 6.54 Å². The van der Waals surface area contributed by atoms with E-state index >= 15 is 0 Å². The first-order valence-electron chi connectivity index (χ1n) is 7.00. The van der Waals surface area contributed by atoms with Gasteiger partial charge in [-0.3, -0.25) is 0 Å². The van der Waals surface area contributed by atoms with E-state index < -0.39 is 21.7 Å². The highest BCUT2D eigenvalue weighted by molar-refractivity contribution is 7.86. The van der Waals surface area contributed by atoms with Crippen LogP contribution in [0.5, 0.6) is 0 Å². The Morgan fingerprint density at radius 2 is 1.77 bits per heavy atom. The van der Waals surface area contributed by atoms with E-state index in [4.69, 9.17) is 17.3 Å². The summed E-state index contributed by atoms with van der Waals surface area (Å²) in [4.78, 5) is -0.357. The van der Waals surface area contributed by atoms with Crippen molar-refractivity contribution in [3.05, 3.63) is 28.3 Å². The van der Waals surface area contributed by atoms with Gasteiger partial charge in [0.05, 0.1) is 9.92 Å². The third kappa shape index (κ3) is 4.96. The highest BCUT2D eigenvalue weighted by Gasteiger charge is 2.40. The van der Waals surface area contributed by atoms with Gasteiger partial charge in [0, 0.05) is 0 Å². The molecule has 1 aromatic carbocycles. The molecular formula is C15H21ClF3NOS. The molecule has 0 heterocycles. The second kappa shape index (κ2) is 7.32. The van der Waals surface area contributed by atoms with Gasteiger partial charge in [-0.25, -0.2) is 4.21 Å². The van der Waals surface area contributed by atoms with Crippen LogP contribution in [0.1, 0.15) is 44.7 Å². The van der Waals surface area contributed by atoms with Crippen LogP contribution >= 0.6 is 11.6 Å². The van der Waals surface area contributed by atoms with E-state index in [2.05, 4.69) is 0 Å². The van der Waals surface area contributed by atoms with Crippen LogP contribution in [-0.2, 0) is 22.6 Å². The summed E-state index contributed by atoms with van der Waals surface area (Å²) in [5, 5.41) is -0.0641. The van der Waals surface area contributed by atoms with Gasteiger partial charge < -0.3 is 5.73 Å². The maximum atomic E-state index is 12.8. The molecule has 0 radical (unpaired) electrons. The first-order valence-corrected chi connectivity index (χ1v) is 8.53. The zero-order valence-electron chi connectivity index (χ0n) is 12.9. The summed E-state index contributed by atoms with van der Waals surface area (Å²) in [6, 6.07) is 3.10. The number of halogens is 4. The lowest BCUT2D eigenvalue weighted by Crippen LogP contribution is -2.19. The summed E-state index contributed by atoms with van der Waals surface area (Å²) in [5.74, 6) is 0. The fraction of sp³-hybridized carbons (Fsp3) is 0.600. The molecule has 7 heteroatoms. The van der Waals surface area contributed by atoms with Gasteiger partial charge in [-0.2, -0.15) is 13.2 Å². The Hall–Kier alpha value is -0.590. The van der Waals surface area contributed by atoms with Crippen molar-refractivity contribution in [3.63, 3.8) is 0 Å². The topological polar surface area (TPSA) is 43.1 Å². The van der Waals surface area contributed by atoms with Crippen LogP contribution in [0, 0.1) is 0 Å². The van der Waals surface area contributed by atoms with Crippen LogP contribution in [0.25, 0.3) is 0 Å². The van der Waals surface area contributed by atoms with Crippen LogP contribution in [0.3, 0.4) is 0 Å². The van der Waals surface area contributed by atoms with Crippen molar-refractivity contribution in [1.82, 2.24) is 0 Å². The van der Waals surface area contributed by atoms with Crippen LogP contribution in [0.2, 0.25) is 5.02 Å². The molecule has 0 saturated carbocycles. The van der Waals surface area contributed by atoms with E-state index in [-0.39, 0.29) is 9.92 Å². The predicted molar refractivity (Wildman–Crippen MR) is 84.6 cm³/mol. The van der Waals surface area contributed by atoms with Gasteiger partial charge in [-0.05, 0) is 48.4 Å². The summed E-state index contributed by atoms with van der Waals surface area (Å²) < 4.78 is 50.1. The largest absolute Gasteiger partial charge is 0.475 e. The minimum Gasteiger partial charge on any atom is -0.330 e. The normalized spacial score (nSPS) is 14.2. The zero-order chi connectivity index (χ0) is 17.1. The lowest BCUT2D eigenvalue weighted by molar-refractivity contribution is -0.0384. The molecule has 0 aliphatic carbocycles. The molecule has 1 unspecified atom stereocenters. The molecule has 2 N–H and O–H groups in total. The van der Waals surface area contributed by atoms with Gasteiger partial charge in [0.25, 0.3) is 0 Å². The smallest absolute Gasteiger partial charge is 0.330 e. The third-order valence-corrected chi connectivity index (χ3v) is 4.90. The van der Waals surface area contributed by atoms with Crippen molar-refractivity contribution in [2.24, 2.45) is 5.73 Å². The molecule has 1 atom stereocenters. The van der Waals surface area contributed by atoms with E-state index in [0.717, 1.165) is 12.8 Å². The molecule has 0 spiro atoms. The van der Waals surface area contributed by atoms with E-state index in [1.165, 1.54) is 6.07 Å². The molecule has 0 aliphatic heterocycles. The van der Waals surface area contributed by atoms with Gasteiger partial charge in [0.2, 0.25) is 0 Å². The monoisotopic (exact) mass is 355 g/mol. The second-order valence-electron chi connectivity index (χ2n) is 6.17. The fourth-order valence-corrected chi connectivity index (χ4v) is 3.46. The molecule has 22 heavy (non-hydrogen) atoms. The summed E-state index contributed by atoms with van der Waals surface area (Å²) >= 11 is 6.11. The number of benzene rings is 1. The van der Waals surface area contributed by atoms with Gasteiger partial charge in [-0.1, -0.05) is 38.4 Å². The number of alkyl halides is 3. The minimum atomic E-state index is -4.82. The van der Waals surface area contributed by atoms with Crippen LogP contribution in [0.4, 0.5) is 13.2 Å². The Morgan fingerprint density at radius 1 is 1.18 bits per heavy atom. The molecule has 0 fully saturated rings. The van der Waals surface area contributed by atoms with E-state index in [1.807, 2.05) is 20.8 Å². The van der Waals surface area contributed by atoms with Crippen molar-refractivity contribution < 1.29 is 17.4 Å². The SMILES string of the molecule is CC(C)(C)c1cc(CCCCN)cc(S(=O)C(F)(F)F)c1Cl. The molecule has 2 nitrogen and oxygen atoms in total. The Balaban J connectivity index is 3.36. The lowest BCUT2D eigenvalue weighted by atomic mass is 9.85. The molecule has 0 aliphatic rings. The average Bonchev–Trinajstić information content (AvgIpc) is 2.37. The minimum absolute atomic E-state index is 0.0641. The highest BCUT2D eigenvalue weighted by atomic mass is 35.5. The summed E-state index contributed by atoms with van der Waals surface area (Å²) in [7, 11) is -3.13. The number of unbranched alkanes of at least 4 members (excludes halogenated alkanes) is 1. The standard InChI is InChI=1S/C15H21ClF3NOS/c1-14(2,3)11-8-10(6-4-5-7-20)9-12(13(11)16)22(21)15(17,18)19/h8-9H,4-7,20H2,1-3H3. The molecule has 0 aromatic heterocycles. The summed E-state index contributed by atoms with van der Waals surface area (Å²) in [5.41, 5.74) is 1.45. The van der Waals surface area contributed by atoms with Crippen LogP contribution in [-0.4, -0.2) is 16.3 Å². The van der Waals surface area contributed by atoms with Crippen molar-refractivity contribution in [2.45, 2.75) is 55.9 Å². The molecule has 126 valence electrons. The number of aryl methyl sites for hydroxylation is 1. The Labute approximate surface area is 136 Å². The Bertz CT molecular complexity index is 553. The van der Waals surface area contributed by atoms with Crippen LogP contribution in [0.15, 0.2) is 17.0 Å². The summed E-state index contributed by atoms with van der Waals surface area (Å²) in [6.45, 7) is 6.11. The molecule has 0 bridgehead atoms. The zero-order valence-corrected chi connectivity index (χ0v) is 14.5. The number of hydrogen-bond acceptors (Lipinski definition) is 2. The van der Waals surface area contributed by atoms with E-state index in [9.17, 15) is 17.4 Å². The fourth-order valence-electron chi connectivity index (χ4n) is 2.08.